The van der Waals surface area contributed by atoms with Gasteiger partial charge in [0.1, 0.15) is 11.4 Å². The van der Waals surface area contributed by atoms with Crippen LogP contribution >= 0.6 is 69.6 Å². The highest BCUT2D eigenvalue weighted by Crippen LogP contribution is 2.45. The van der Waals surface area contributed by atoms with E-state index in [1.165, 1.54) is 31.4 Å². The first kappa shape index (κ1) is 23.6. The van der Waals surface area contributed by atoms with Gasteiger partial charge in [-0.1, -0.05) is 69.6 Å². The molecule has 0 atom stereocenters. The minimum absolute atomic E-state index is 0.0203. The molecule has 0 saturated carbocycles. The molecule has 0 aliphatic carbocycles. The Hall–Kier alpha value is -1.08. The van der Waals surface area contributed by atoms with Crippen molar-refractivity contribution < 1.29 is 17.9 Å². The molecule has 0 spiro atoms. The molecule has 0 fully saturated rings. The molecule has 0 aliphatic rings. The van der Waals surface area contributed by atoms with E-state index in [0.717, 1.165) is 6.07 Å². The van der Waals surface area contributed by atoms with E-state index < -0.39 is 11.9 Å². The molecule has 0 amide bonds. The lowest BCUT2D eigenvalue weighted by atomic mass is 10.00. The number of benzene rings is 2. The van der Waals surface area contributed by atoms with Gasteiger partial charge >= 0.3 is 6.18 Å². The number of hydrogen-bond donors (Lipinski definition) is 0. The van der Waals surface area contributed by atoms with Crippen molar-refractivity contribution in [3.8, 4) is 28.1 Å². The Balaban J connectivity index is 2.40. The predicted octanol–water partition coefficient (Wildman–Crippen LogP) is 9.36. The van der Waals surface area contributed by atoms with E-state index in [-0.39, 0.29) is 58.3 Å². The molecule has 3 rings (SSSR count). The van der Waals surface area contributed by atoms with Gasteiger partial charge in [-0.05, 0) is 35.9 Å². The van der Waals surface area contributed by atoms with E-state index in [4.69, 9.17) is 74.3 Å². The van der Waals surface area contributed by atoms with Gasteiger partial charge in [-0.3, -0.25) is 0 Å². The normalized spacial score (nSPS) is 11.7. The molecule has 2 aromatic carbocycles. The summed E-state index contributed by atoms with van der Waals surface area (Å²) < 4.78 is 46.2. The Morgan fingerprint density at radius 3 is 1.57 bits per heavy atom. The Bertz CT molecular complexity index is 1030. The molecule has 0 saturated heterocycles. The second-order valence-electron chi connectivity index (χ2n) is 5.94. The molecular weight excluding hydrogens is 528 g/mol. The van der Waals surface area contributed by atoms with Crippen LogP contribution < -0.4 is 4.74 Å². The standard InChI is InChI=1S/C19H8Cl6F3NO/c1-30-18-9(7-2-10(20)15(24)11(21)3-7)6-14(19(26,27)28)29-17(18)8-4-12(22)16(25)13(23)5-8/h2-6H,1H3. The van der Waals surface area contributed by atoms with E-state index in [9.17, 15) is 13.2 Å². The van der Waals surface area contributed by atoms with Crippen molar-refractivity contribution >= 4 is 69.6 Å². The van der Waals surface area contributed by atoms with Gasteiger partial charge in [-0.2, -0.15) is 13.2 Å². The third-order valence-corrected chi connectivity index (χ3v) is 6.41. The number of hydrogen-bond acceptors (Lipinski definition) is 2. The summed E-state index contributed by atoms with van der Waals surface area (Å²) >= 11 is 36.2. The summed E-state index contributed by atoms with van der Waals surface area (Å²) in [5.74, 6) is 0.0203. The van der Waals surface area contributed by atoms with E-state index in [1.54, 1.807) is 0 Å². The van der Waals surface area contributed by atoms with Crippen LogP contribution in [0.4, 0.5) is 13.2 Å². The van der Waals surface area contributed by atoms with E-state index >= 15 is 0 Å². The predicted molar refractivity (Wildman–Crippen MR) is 117 cm³/mol. The lowest BCUT2D eigenvalue weighted by molar-refractivity contribution is -0.141. The van der Waals surface area contributed by atoms with Crippen molar-refractivity contribution in [2.24, 2.45) is 0 Å². The lowest BCUT2D eigenvalue weighted by Crippen LogP contribution is -2.10. The molecule has 3 aromatic rings. The van der Waals surface area contributed by atoms with Crippen molar-refractivity contribution in [2.45, 2.75) is 6.18 Å². The Morgan fingerprint density at radius 1 is 0.733 bits per heavy atom. The second-order valence-corrected chi connectivity index (χ2v) is 8.33. The number of nitrogens with zero attached hydrogens (tertiary/aromatic N) is 1. The van der Waals surface area contributed by atoms with Crippen LogP contribution in [0.1, 0.15) is 5.69 Å². The zero-order valence-corrected chi connectivity index (χ0v) is 19.2. The minimum Gasteiger partial charge on any atom is -0.494 e. The lowest BCUT2D eigenvalue weighted by Gasteiger charge is -2.18. The maximum atomic E-state index is 13.6. The third kappa shape index (κ3) is 4.57. The zero-order valence-electron chi connectivity index (χ0n) is 14.6. The molecule has 1 aromatic heterocycles. The molecule has 0 bridgehead atoms. The monoisotopic (exact) mass is 533 g/mol. The highest BCUT2D eigenvalue weighted by molar-refractivity contribution is 6.49. The van der Waals surface area contributed by atoms with Crippen LogP contribution in [0.5, 0.6) is 5.75 Å². The topological polar surface area (TPSA) is 22.1 Å². The molecule has 11 heteroatoms. The Morgan fingerprint density at radius 2 is 1.17 bits per heavy atom. The SMILES string of the molecule is COc1c(-c2cc(Cl)c(Cl)c(Cl)c2)cc(C(F)(F)F)nc1-c1cc(Cl)c(Cl)c(Cl)c1. The first-order chi connectivity index (χ1) is 13.9. The van der Waals surface area contributed by atoms with E-state index in [0.29, 0.717) is 0 Å². The number of pyridine rings is 1. The van der Waals surface area contributed by atoms with E-state index in [1.807, 2.05) is 0 Å². The molecule has 0 N–H and O–H groups in total. The number of ether oxygens (including phenoxy) is 1. The van der Waals surface area contributed by atoms with Crippen LogP contribution in [-0.2, 0) is 6.18 Å². The van der Waals surface area contributed by atoms with Crippen LogP contribution in [0.2, 0.25) is 30.1 Å². The quantitative estimate of drug-likeness (QED) is 0.312. The third-order valence-electron chi connectivity index (χ3n) is 4.02. The zero-order chi connectivity index (χ0) is 22.4. The van der Waals surface area contributed by atoms with Gasteiger partial charge < -0.3 is 4.74 Å². The number of methoxy groups -OCH3 is 1. The average molecular weight is 536 g/mol. The molecule has 0 unspecified atom stereocenters. The van der Waals surface area contributed by atoms with Crippen molar-refractivity contribution in [3.63, 3.8) is 0 Å². The number of alkyl halides is 3. The van der Waals surface area contributed by atoms with E-state index in [2.05, 4.69) is 4.98 Å². The van der Waals surface area contributed by atoms with Crippen molar-refractivity contribution in [2.75, 3.05) is 7.11 Å². The molecule has 0 aliphatic heterocycles. The maximum absolute atomic E-state index is 13.6. The van der Waals surface area contributed by atoms with Gasteiger partial charge in [-0.25, -0.2) is 4.98 Å². The van der Waals surface area contributed by atoms with Crippen LogP contribution in [0, 0.1) is 0 Å². The summed E-state index contributed by atoms with van der Waals surface area (Å²) in [6.07, 6.45) is -4.75. The molecule has 0 radical (unpaired) electrons. The van der Waals surface area contributed by atoms with Crippen molar-refractivity contribution in [1.29, 1.82) is 0 Å². The minimum atomic E-state index is -4.75. The smallest absolute Gasteiger partial charge is 0.433 e. The molecular formula is C19H8Cl6F3NO. The summed E-state index contributed by atoms with van der Waals surface area (Å²) in [6.45, 7) is 0. The van der Waals surface area contributed by atoms with Gasteiger partial charge in [0.25, 0.3) is 0 Å². The van der Waals surface area contributed by atoms with Crippen LogP contribution in [0.15, 0.2) is 30.3 Å². The maximum Gasteiger partial charge on any atom is 0.433 e. The summed E-state index contributed by atoms with van der Waals surface area (Å²) in [5.41, 5.74) is -0.864. The fraction of sp³-hybridized carbons (Fsp3) is 0.105. The highest BCUT2D eigenvalue weighted by Gasteiger charge is 2.35. The van der Waals surface area contributed by atoms with Gasteiger partial charge in [0.15, 0.2) is 5.75 Å². The van der Waals surface area contributed by atoms with Crippen LogP contribution in [-0.4, -0.2) is 12.1 Å². The number of halogens is 9. The summed E-state index contributed by atoms with van der Waals surface area (Å²) in [4.78, 5) is 3.74. The summed E-state index contributed by atoms with van der Waals surface area (Å²) in [7, 11) is 1.29. The number of rotatable bonds is 3. The Labute approximate surface area is 199 Å². The average Bonchev–Trinajstić information content (AvgIpc) is 2.67. The van der Waals surface area contributed by atoms with Gasteiger partial charge in [0.05, 0.1) is 37.2 Å². The van der Waals surface area contributed by atoms with Gasteiger partial charge in [0, 0.05) is 11.1 Å². The fourth-order valence-electron chi connectivity index (χ4n) is 2.70. The van der Waals surface area contributed by atoms with Crippen LogP contribution in [0.25, 0.3) is 22.4 Å². The second kappa shape index (κ2) is 8.81. The largest absolute Gasteiger partial charge is 0.494 e. The Kier molecular flexibility index (Phi) is 6.93. The summed E-state index contributed by atoms with van der Waals surface area (Å²) in [5, 5.41) is 0.336. The fourth-order valence-corrected chi connectivity index (χ4v) is 3.89. The summed E-state index contributed by atoms with van der Waals surface area (Å²) in [6, 6.07) is 6.26. The first-order valence-corrected chi connectivity index (χ1v) is 10.2. The first-order valence-electron chi connectivity index (χ1n) is 7.90. The molecule has 158 valence electrons. The molecule has 2 nitrogen and oxygen atoms in total. The van der Waals surface area contributed by atoms with Crippen molar-refractivity contribution in [3.05, 3.63) is 66.2 Å². The molecule has 1 heterocycles. The van der Waals surface area contributed by atoms with Gasteiger partial charge in [0.2, 0.25) is 0 Å². The number of aromatic nitrogens is 1. The highest BCUT2D eigenvalue weighted by atomic mass is 35.5. The van der Waals surface area contributed by atoms with Gasteiger partial charge in [-0.15, -0.1) is 0 Å². The van der Waals surface area contributed by atoms with Crippen molar-refractivity contribution in [1.82, 2.24) is 4.98 Å². The molecule has 30 heavy (non-hydrogen) atoms. The van der Waals surface area contributed by atoms with Crippen LogP contribution in [0.3, 0.4) is 0 Å².